The Morgan fingerprint density at radius 2 is 1.76 bits per heavy atom. The van der Waals surface area contributed by atoms with Crippen molar-refractivity contribution in [1.82, 2.24) is 4.98 Å². The quantitative estimate of drug-likeness (QED) is 0.245. The zero-order valence-electron chi connectivity index (χ0n) is 21.6. The number of hydrogen-bond acceptors (Lipinski definition) is 7. The fourth-order valence-corrected chi connectivity index (χ4v) is 8.03. The van der Waals surface area contributed by atoms with E-state index in [0.717, 1.165) is 40.8 Å². The molecule has 216 valence electrons. The van der Waals surface area contributed by atoms with Crippen molar-refractivity contribution in [3.8, 4) is 11.5 Å². The number of carbonyl (C=O) groups is 2. The van der Waals surface area contributed by atoms with Crippen LogP contribution in [0.25, 0.3) is 0 Å². The number of para-hydroxylation sites is 1. The van der Waals surface area contributed by atoms with E-state index >= 15 is 0 Å². The number of alkyl halides is 3. The van der Waals surface area contributed by atoms with Gasteiger partial charge in [0.05, 0.1) is 29.3 Å². The van der Waals surface area contributed by atoms with Crippen molar-refractivity contribution in [3.63, 3.8) is 0 Å². The Balaban J connectivity index is 1.40. The Hall–Kier alpha value is -3.74. The van der Waals surface area contributed by atoms with Gasteiger partial charge in [0.2, 0.25) is 11.8 Å². The molecular weight excluding hydrogens is 613 g/mol. The number of imide groups is 1. The summed E-state index contributed by atoms with van der Waals surface area (Å²) in [6.07, 6.45) is -4.78. The van der Waals surface area contributed by atoms with E-state index in [1.807, 2.05) is 6.07 Å². The molecule has 2 amide bonds. The van der Waals surface area contributed by atoms with Crippen molar-refractivity contribution < 1.29 is 32.2 Å². The lowest BCUT2D eigenvalue weighted by molar-refractivity contribution is -0.137. The molecule has 3 atom stereocenters. The predicted molar refractivity (Wildman–Crippen MR) is 153 cm³/mol. The number of carbonyl (C=O) groups excluding carboxylic acids is 2. The van der Waals surface area contributed by atoms with Crippen LogP contribution in [0, 0.1) is 5.92 Å². The highest BCUT2D eigenvalue weighted by molar-refractivity contribution is 8.00. The molecule has 4 aromatic rings. The summed E-state index contributed by atoms with van der Waals surface area (Å²) in [5.74, 6) is -2.67. The molecule has 0 spiro atoms. The van der Waals surface area contributed by atoms with Crippen LogP contribution in [0.3, 0.4) is 0 Å². The van der Waals surface area contributed by atoms with E-state index in [1.165, 1.54) is 19.2 Å². The summed E-state index contributed by atoms with van der Waals surface area (Å²) in [6.45, 7) is 0.200. The Labute approximate surface area is 250 Å². The molecule has 42 heavy (non-hydrogen) atoms. The lowest BCUT2D eigenvalue weighted by Crippen LogP contribution is -2.33. The van der Waals surface area contributed by atoms with Gasteiger partial charge in [-0.1, -0.05) is 65.0 Å². The molecule has 1 N–H and O–H groups in total. The summed E-state index contributed by atoms with van der Waals surface area (Å²) in [5.41, 5.74) is -0.233. The zero-order valence-corrected chi connectivity index (χ0v) is 24.0. The van der Waals surface area contributed by atoms with Gasteiger partial charge in [-0.2, -0.15) is 13.2 Å². The van der Waals surface area contributed by atoms with E-state index in [-0.39, 0.29) is 11.5 Å². The number of aromatic amines is 1. The minimum Gasteiger partial charge on any atom is -0.493 e. The number of hydrogen-bond donors (Lipinski definition) is 1. The summed E-state index contributed by atoms with van der Waals surface area (Å²) in [5, 5.41) is -0.0815. The van der Waals surface area contributed by atoms with Gasteiger partial charge in [-0.15, -0.1) is 0 Å². The molecular formula is C29H20ClF3N2O5S2. The molecule has 3 heterocycles. The normalized spacial score (nSPS) is 19.9. The van der Waals surface area contributed by atoms with Gasteiger partial charge in [0.25, 0.3) is 0 Å². The van der Waals surface area contributed by atoms with Gasteiger partial charge in [0.15, 0.2) is 11.5 Å². The van der Waals surface area contributed by atoms with E-state index < -0.39 is 46.3 Å². The molecule has 6 rings (SSSR count). The van der Waals surface area contributed by atoms with Crippen LogP contribution in [0.2, 0.25) is 5.02 Å². The molecule has 1 fully saturated rings. The van der Waals surface area contributed by atoms with Crippen LogP contribution in [0.5, 0.6) is 11.5 Å². The average Bonchev–Trinajstić information content (AvgIpc) is 3.45. The first-order chi connectivity index (χ1) is 20.1. The number of nitrogens with one attached hydrogen (secondary N) is 1. The second-order valence-corrected chi connectivity index (χ2v) is 12.2. The monoisotopic (exact) mass is 632 g/mol. The number of halogens is 4. The summed E-state index contributed by atoms with van der Waals surface area (Å²) >= 11 is 7.95. The molecule has 7 nitrogen and oxygen atoms in total. The third-order valence-corrected chi connectivity index (χ3v) is 9.74. The molecule has 2 aliphatic rings. The fraction of sp³-hybridized carbons (Fsp3) is 0.207. The van der Waals surface area contributed by atoms with Gasteiger partial charge >= 0.3 is 11.0 Å². The van der Waals surface area contributed by atoms with E-state index in [0.29, 0.717) is 36.9 Å². The molecule has 1 saturated heterocycles. The van der Waals surface area contributed by atoms with Crippen LogP contribution < -0.4 is 19.2 Å². The van der Waals surface area contributed by atoms with Crippen LogP contribution >= 0.6 is 34.7 Å². The number of benzene rings is 3. The van der Waals surface area contributed by atoms with Crippen molar-refractivity contribution in [2.45, 2.75) is 29.0 Å². The molecule has 0 aliphatic carbocycles. The van der Waals surface area contributed by atoms with Gasteiger partial charge < -0.3 is 14.5 Å². The maximum atomic E-state index is 13.9. The standard InChI is InChI=1S/C29H20ClF3N2O5S2/c1-39-20-12-15(9-10-19(20)40-13-14-5-4-6-16(30)11-14)21-22-24(41-25-23(21)42-28(38)34-25)27(37)35(26(22)36)18-8-3-2-7-17(18)29(31,32)33/h2-12,21-22,24H,13H2,1H3,(H,34,38)/t21-,22?,24?/m1/s1. The lowest BCUT2D eigenvalue weighted by atomic mass is 9.83. The highest BCUT2D eigenvalue weighted by Gasteiger charge is 2.57. The number of fused-ring (bicyclic) bond motifs is 2. The number of H-pyrrole nitrogens is 1. The first-order valence-electron chi connectivity index (χ1n) is 12.6. The molecule has 3 aromatic carbocycles. The SMILES string of the molecule is COc1cc([C@H]2c3sc(=O)[nH]c3SC3C(=O)N(c4ccccc4C(F)(F)F)C(=O)C32)ccc1OCc1cccc(Cl)c1. The first kappa shape index (κ1) is 28.4. The molecule has 1 aromatic heterocycles. The Kier molecular flexibility index (Phi) is 7.32. The van der Waals surface area contributed by atoms with Crippen molar-refractivity contribution in [1.29, 1.82) is 0 Å². The Morgan fingerprint density at radius 1 is 0.976 bits per heavy atom. The molecule has 0 saturated carbocycles. The lowest BCUT2D eigenvalue weighted by Gasteiger charge is -2.30. The first-order valence-corrected chi connectivity index (χ1v) is 14.6. The van der Waals surface area contributed by atoms with Gasteiger partial charge in [-0.3, -0.25) is 14.4 Å². The van der Waals surface area contributed by atoms with Crippen molar-refractivity contribution in [2.24, 2.45) is 5.92 Å². The van der Waals surface area contributed by atoms with Crippen molar-refractivity contribution in [3.05, 3.63) is 103 Å². The number of ether oxygens (including phenoxy) is 2. The van der Waals surface area contributed by atoms with E-state index in [1.54, 1.807) is 36.4 Å². The molecule has 13 heteroatoms. The van der Waals surface area contributed by atoms with Crippen LogP contribution in [0.4, 0.5) is 18.9 Å². The smallest absolute Gasteiger partial charge is 0.418 e. The van der Waals surface area contributed by atoms with Crippen molar-refractivity contribution in [2.75, 3.05) is 12.0 Å². The largest absolute Gasteiger partial charge is 0.493 e. The average molecular weight is 633 g/mol. The van der Waals surface area contributed by atoms with Crippen LogP contribution in [-0.4, -0.2) is 29.2 Å². The maximum Gasteiger partial charge on any atom is 0.418 e. The maximum absolute atomic E-state index is 13.9. The van der Waals surface area contributed by atoms with Crippen LogP contribution in [0.1, 0.15) is 27.5 Å². The number of aromatic nitrogens is 1. The summed E-state index contributed by atoms with van der Waals surface area (Å²) in [4.78, 5) is 43.4. The number of thioether (sulfide) groups is 1. The summed E-state index contributed by atoms with van der Waals surface area (Å²) < 4.78 is 53.1. The minimum atomic E-state index is -4.78. The van der Waals surface area contributed by atoms with Gasteiger partial charge in [0.1, 0.15) is 11.9 Å². The second-order valence-electron chi connectivity index (χ2n) is 9.61. The molecule has 2 unspecified atom stereocenters. The van der Waals surface area contributed by atoms with Gasteiger partial charge in [0, 0.05) is 15.8 Å². The highest BCUT2D eigenvalue weighted by Crippen LogP contribution is 2.54. The minimum absolute atomic E-state index is 0.200. The van der Waals surface area contributed by atoms with Crippen LogP contribution in [-0.2, 0) is 22.4 Å². The summed E-state index contributed by atoms with van der Waals surface area (Å²) in [7, 11) is 1.45. The molecule has 2 aliphatic heterocycles. The number of methoxy groups -OCH3 is 1. The molecule has 0 radical (unpaired) electrons. The Bertz CT molecular complexity index is 1770. The van der Waals surface area contributed by atoms with Crippen LogP contribution in [0.15, 0.2) is 76.6 Å². The van der Waals surface area contributed by atoms with E-state index in [9.17, 15) is 27.6 Å². The van der Waals surface area contributed by atoms with E-state index in [2.05, 4.69) is 4.98 Å². The number of thiazole rings is 1. The van der Waals surface area contributed by atoms with Crippen molar-refractivity contribution >= 4 is 52.2 Å². The van der Waals surface area contributed by atoms with E-state index in [4.69, 9.17) is 21.1 Å². The Morgan fingerprint density at radius 3 is 2.50 bits per heavy atom. The van der Waals surface area contributed by atoms with Gasteiger partial charge in [-0.05, 0) is 47.5 Å². The number of anilines is 1. The highest BCUT2D eigenvalue weighted by atomic mass is 35.5. The number of rotatable bonds is 6. The second kappa shape index (κ2) is 10.8. The zero-order chi connectivity index (χ0) is 29.8. The molecule has 0 bridgehead atoms. The number of amides is 2. The number of nitrogens with zero attached hydrogens (tertiary/aromatic N) is 1. The topological polar surface area (TPSA) is 88.7 Å². The van der Waals surface area contributed by atoms with Gasteiger partial charge in [-0.25, -0.2) is 4.90 Å². The third-order valence-electron chi connectivity index (χ3n) is 7.10. The summed E-state index contributed by atoms with van der Waals surface area (Å²) in [6, 6.07) is 16.7. The fourth-order valence-electron chi connectivity index (χ4n) is 5.31. The predicted octanol–water partition coefficient (Wildman–Crippen LogP) is 6.49. The third kappa shape index (κ3) is 4.97.